The molecular formula is C14H28N2O. The van der Waals surface area contributed by atoms with E-state index in [9.17, 15) is 4.79 Å². The Morgan fingerprint density at radius 3 is 2.06 bits per heavy atom. The quantitative estimate of drug-likeness (QED) is 0.773. The van der Waals surface area contributed by atoms with Crippen LogP contribution >= 0.6 is 0 Å². The molecule has 100 valence electrons. The summed E-state index contributed by atoms with van der Waals surface area (Å²) in [6.45, 7) is 14.0. The average molecular weight is 240 g/mol. The maximum atomic E-state index is 11.8. The van der Waals surface area contributed by atoms with Gasteiger partial charge in [-0.05, 0) is 29.1 Å². The van der Waals surface area contributed by atoms with E-state index in [1.807, 2.05) is 0 Å². The molecular weight excluding hydrogens is 212 g/mol. The zero-order valence-electron chi connectivity index (χ0n) is 12.1. The zero-order chi connectivity index (χ0) is 13.4. The lowest BCUT2D eigenvalue weighted by molar-refractivity contribution is -0.122. The summed E-state index contributed by atoms with van der Waals surface area (Å²) in [4.78, 5) is 11.8. The Kier molecular flexibility index (Phi) is 3.92. The average Bonchev–Trinajstić information content (AvgIpc) is 2.53. The molecule has 1 amide bonds. The Morgan fingerprint density at radius 1 is 1.24 bits per heavy atom. The molecule has 1 saturated carbocycles. The maximum absolute atomic E-state index is 11.8. The van der Waals surface area contributed by atoms with E-state index < -0.39 is 0 Å². The third-order valence-electron chi connectivity index (χ3n) is 4.86. The molecule has 0 aromatic carbocycles. The fraction of sp³-hybridized carbons (Fsp3) is 0.929. The summed E-state index contributed by atoms with van der Waals surface area (Å²) in [5.41, 5.74) is 6.49. The van der Waals surface area contributed by atoms with Crippen LogP contribution in [0.5, 0.6) is 0 Å². The van der Waals surface area contributed by atoms with E-state index in [2.05, 4.69) is 46.9 Å². The molecule has 0 spiro atoms. The second kappa shape index (κ2) is 4.60. The van der Waals surface area contributed by atoms with E-state index in [0.29, 0.717) is 22.7 Å². The van der Waals surface area contributed by atoms with E-state index in [0.717, 1.165) is 13.0 Å². The Morgan fingerprint density at radius 2 is 1.71 bits per heavy atom. The molecule has 3 heteroatoms. The lowest BCUT2D eigenvalue weighted by Gasteiger charge is -2.14. The van der Waals surface area contributed by atoms with E-state index in [-0.39, 0.29) is 11.9 Å². The summed E-state index contributed by atoms with van der Waals surface area (Å²) < 4.78 is 0. The highest BCUT2D eigenvalue weighted by molar-refractivity contribution is 5.81. The summed E-state index contributed by atoms with van der Waals surface area (Å²) >= 11 is 0. The summed E-state index contributed by atoms with van der Waals surface area (Å²) in [5.74, 6) is 1.02. The number of amides is 1. The highest BCUT2D eigenvalue weighted by Crippen LogP contribution is 2.67. The van der Waals surface area contributed by atoms with Crippen molar-refractivity contribution in [3.05, 3.63) is 0 Å². The van der Waals surface area contributed by atoms with Crippen molar-refractivity contribution in [1.82, 2.24) is 5.32 Å². The molecule has 17 heavy (non-hydrogen) atoms. The van der Waals surface area contributed by atoms with Gasteiger partial charge in [0.15, 0.2) is 0 Å². The molecule has 1 fully saturated rings. The smallest absolute Gasteiger partial charge is 0.236 e. The van der Waals surface area contributed by atoms with Gasteiger partial charge in [0, 0.05) is 6.54 Å². The first-order valence-corrected chi connectivity index (χ1v) is 6.64. The fourth-order valence-corrected chi connectivity index (χ4v) is 2.79. The van der Waals surface area contributed by atoms with Gasteiger partial charge < -0.3 is 11.1 Å². The molecule has 0 aliphatic heterocycles. The van der Waals surface area contributed by atoms with Gasteiger partial charge in [-0.3, -0.25) is 4.79 Å². The summed E-state index contributed by atoms with van der Waals surface area (Å²) in [5, 5.41) is 3.00. The van der Waals surface area contributed by atoms with Crippen LogP contribution in [0, 0.1) is 22.7 Å². The van der Waals surface area contributed by atoms with E-state index in [1.165, 1.54) is 0 Å². The zero-order valence-corrected chi connectivity index (χ0v) is 12.1. The van der Waals surface area contributed by atoms with Crippen molar-refractivity contribution in [2.24, 2.45) is 28.4 Å². The molecule has 3 nitrogen and oxygen atoms in total. The molecule has 0 aromatic rings. The number of rotatable bonds is 5. The molecule has 0 saturated heterocycles. The first kappa shape index (κ1) is 14.5. The van der Waals surface area contributed by atoms with Crippen molar-refractivity contribution in [3.63, 3.8) is 0 Å². The molecule has 1 aliphatic carbocycles. The predicted molar refractivity (Wildman–Crippen MR) is 71.5 cm³/mol. The number of nitrogens with one attached hydrogen (secondary N) is 1. The second-order valence-electron chi connectivity index (χ2n) is 6.98. The Bertz CT molecular complexity index is 281. The van der Waals surface area contributed by atoms with Crippen LogP contribution < -0.4 is 11.1 Å². The molecule has 3 N–H and O–H groups in total. The Hall–Kier alpha value is -0.570. The molecule has 0 radical (unpaired) electrons. The van der Waals surface area contributed by atoms with Gasteiger partial charge in [0.1, 0.15) is 0 Å². The van der Waals surface area contributed by atoms with Crippen molar-refractivity contribution in [2.75, 3.05) is 6.54 Å². The van der Waals surface area contributed by atoms with Crippen molar-refractivity contribution < 1.29 is 4.79 Å². The van der Waals surface area contributed by atoms with Crippen LogP contribution in [0.2, 0.25) is 0 Å². The third-order valence-corrected chi connectivity index (χ3v) is 4.86. The Labute approximate surface area is 106 Å². The second-order valence-corrected chi connectivity index (χ2v) is 6.98. The molecule has 1 atom stereocenters. The van der Waals surface area contributed by atoms with Crippen LogP contribution in [0.1, 0.15) is 48.0 Å². The molecule has 1 rings (SSSR count). The van der Waals surface area contributed by atoms with Gasteiger partial charge in [-0.1, -0.05) is 41.5 Å². The number of hydrogen-bond acceptors (Lipinski definition) is 2. The standard InChI is InChI=1S/C14H28N2O/c1-9(2)7-10(15)12(17)16-8-11-13(3,4)14(11,5)6/h9-11H,7-8,15H2,1-6H3,(H,16,17). The first-order valence-electron chi connectivity index (χ1n) is 6.64. The third kappa shape index (κ3) is 2.82. The number of hydrogen-bond donors (Lipinski definition) is 2. The van der Waals surface area contributed by atoms with Crippen LogP contribution in [0.3, 0.4) is 0 Å². The molecule has 1 unspecified atom stereocenters. The van der Waals surface area contributed by atoms with Crippen LogP contribution in [0.25, 0.3) is 0 Å². The summed E-state index contributed by atoms with van der Waals surface area (Å²) in [6, 6.07) is -0.361. The van der Waals surface area contributed by atoms with Crippen molar-refractivity contribution in [1.29, 1.82) is 0 Å². The largest absolute Gasteiger partial charge is 0.354 e. The highest BCUT2D eigenvalue weighted by Gasteiger charge is 2.64. The fourth-order valence-electron chi connectivity index (χ4n) is 2.79. The van der Waals surface area contributed by atoms with E-state index >= 15 is 0 Å². The van der Waals surface area contributed by atoms with Crippen molar-refractivity contribution in [2.45, 2.75) is 54.0 Å². The van der Waals surface area contributed by atoms with Crippen LogP contribution in [0.4, 0.5) is 0 Å². The minimum atomic E-state index is -0.361. The maximum Gasteiger partial charge on any atom is 0.236 e. The molecule has 0 bridgehead atoms. The predicted octanol–water partition coefficient (Wildman–Crippen LogP) is 2.16. The van der Waals surface area contributed by atoms with E-state index in [4.69, 9.17) is 5.73 Å². The van der Waals surface area contributed by atoms with Crippen LogP contribution in [-0.4, -0.2) is 18.5 Å². The highest BCUT2D eigenvalue weighted by atomic mass is 16.2. The summed E-state index contributed by atoms with van der Waals surface area (Å²) in [7, 11) is 0. The van der Waals surface area contributed by atoms with Crippen molar-refractivity contribution >= 4 is 5.91 Å². The van der Waals surface area contributed by atoms with Gasteiger partial charge in [-0.15, -0.1) is 0 Å². The number of carbonyl (C=O) groups excluding carboxylic acids is 1. The van der Waals surface area contributed by atoms with Gasteiger partial charge in [-0.2, -0.15) is 0 Å². The lowest BCUT2D eigenvalue weighted by atomic mass is 10.0. The minimum absolute atomic E-state index is 0.00259. The van der Waals surface area contributed by atoms with Gasteiger partial charge in [0.25, 0.3) is 0 Å². The van der Waals surface area contributed by atoms with Crippen LogP contribution in [-0.2, 0) is 4.79 Å². The molecule has 0 aromatic heterocycles. The number of nitrogens with two attached hydrogens (primary N) is 1. The first-order chi connectivity index (χ1) is 7.60. The minimum Gasteiger partial charge on any atom is -0.354 e. The van der Waals surface area contributed by atoms with Gasteiger partial charge in [0.2, 0.25) is 5.91 Å². The SMILES string of the molecule is CC(C)CC(N)C(=O)NCC1C(C)(C)C1(C)C. The van der Waals surface area contributed by atoms with Gasteiger partial charge in [-0.25, -0.2) is 0 Å². The van der Waals surface area contributed by atoms with E-state index in [1.54, 1.807) is 0 Å². The normalized spacial score (nSPS) is 23.5. The molecule has 0 heterocycles. The summed E-state index contributed by atoms with van der Waals surface area (Å²) in [6.07, 6.45) is 0.753. The lowest BCUT2D eigenvalue weighted by Crippen LogP contribution is -2.42. The Balaban J connectivity index is 2.36. The van der Waals surface area contributed by atoms with Crippen molar-refractivity contribution in [3.8, 4) is 0 Å². The van der Waals surface area contributed by atoms with Gasteiger partial charge >= 0.3 is 0 Å². The monoisotopic (exact) mass is 240 g/mol. The van der Waals surface area contributed by atoms with Crippen LogP contribution in [0.15, 0.2) is 0 Å². The number of carbonyl (C=O) groups is 1. The van der Waals surface area contributed by atoms with Gasteiger partial charge in [0.05, 0.1) is 6.04 Å². The molecule has 1 aliphatic rings. The topological polar surface area (TPSA) is 55.1 Å².